The lowest BCUT2D eigenvalue weighted by molar-refractivity contribution is 0.0746. The van der Waals surface area contributed by atoms with Crippen LogP contribution in [0.15, 0.2) is 60.7 Å². The van der Waals surface area contributed by atoms with Crippen molar-refractivity contribution in [3.8, 4) is 17.7 Å². The van der Waals surface area contributed by atoms with Crippen LogP contribution in [0.4, 0.5) is 5.82 Å². The molecule has 0 N–H and O–H groups in total. The highest BCUT2D eigenvalue weighted by molar-refractivity contribution is 5.94. The third-order valence-electron chi connectivity index (χ3n) is 4.92. The molecular weight excluding hydrogens is 378 g/mol. The van der Waals surface area contributed by atoms with E-state index in [0.717, 1.165) is 11.6 Å². The van der Waals surface area contributed by atoms with E-state index in [4.69, 9.17) is 10.00 Å². The molecule has 0 radical (unpaired) electrons. The zero-order valence-corrected chi connectivity index (χ0v) is 16.7. The Labute approximate surface area is 175 Å². The maximum absolute atomic E-state index is 12.7. The zero-order valence-electron chi connectivity index (χ0n) is 16.7. The number of benzene rings is 2. The summed E-state index contributed by atoms with van der Waals surface area (Å²) >= 11 is 0. The van der Waals surface area contributed by atoms with Crippen LogP contribution in [0.5, 0.6) is 11.6 Å². The third-order valence-corrected chi connectivity index (χ3v) is 4.92. The Hall–Kier alpha value is -3.92. The summed E-state index contributed by atoms with van der Waals surface area (Å²) in [4.78, 5) is 25.6. The molecule has 0 saturated carbocycles. The summed E-state index contributed by atoms with van der Waals surface area (Å²) in [5.74, 6) is 2.62. The fourth-order valence-electron chi connectivity index (χ4n) is 3.36. The number of para-hydroxylation sites is 1. The van der Waals surface area contributed by atoms with Gasteiger partial charge in [-0.15, -0.1) is 0 Å². The van der Waals surface area contributed by atoms with Crippen LogP contribution in [0.3, 0.4) is 0 Å². The van der Waals surface area contributed by atoms with Gasteiger partial charge < -0.3 is 14.5 Å². The lowest BCUT2D eigenvalue weighted by Gasteiger charge is -2.35. The van der Waals surface area contributed by atoms with E-state index in [0.29, 0.717) is 49.0 Å². The second-order valence-corrected chi connectivity index (χ2v) is 7.00. The average Bonchev–Trinajstić information content (AvgIpc) is 2.79. The summed E-state index contributed by atoms with van der Waals surface area (Å²) in [5, 5.41) is 8.90. The number of aromatic nitrogens is 2. The van der Waals surface area contributed by atoms with Crippen molar-refractivity contribution in [3.05, 3.63) is 77.6 Å². The summed E-state index contributed by atoms with van der Waals surface area (Å²) < 4.78 is 5.86. The Morgan fingerprint density at radius 3 is 2.37 bits per heavy atom. The van der Waals surface area contributed by atoms with Crippen molar-refractivity contribution in [1.29, 1.82) is 5.26 Å². The molecular formula is C23H21N5O2. The molecule has 2 aromatic carbocycles. The molecule has 0 spiro atoms. The monoisotopic (exact) mass is 399 g/mol. The number of hydrogen-bond acceptors (Lipinski definition) is 6. The quantitative estimate of drug-likeness (QED) is 0.669. The van der Waals surface area contributed by atoms with Crippen LogP contribution in [0, 0.1) is 18.3 Å². The normalized spacial score (nSPS) is 13.6. The van der Waals surface area contributed by atoms with Crippen LogP contribution < -0.4 is 9.64 Å². The van der Waals surface area contributed by atoms with E-state index in [2.05, 4.69) is 20.9 Å². The van der Waals surface area contributed by atoms with E-state index in [1.807, 2.05) is 48.2 Å². The van der Waals surface area contributed by atoms with Gasteiger partial charge in [-0.25, -0.2) is 4.98 Å². The Morgan fingerprint density at radius 1 is 1.00 bits per heavy atom. The predicted octanol–water partition coefficient (Wildman–Crippen LogP) is 3.41. The SMILES string of the molecule is Cc1nc(Oc2ccccc2)cc(N2CCN(C(=O)c3ccc(C#N)cc3)CC2)n1. The molecule has 150 valence electrons. The Morgan fingerprint density at radius 2 is 1.70 bits per heavy atom. The fourth-order valence-corrected chi connectivity index (χ4v) is 3.36. The number of piperazine rings is 1. The van der Waals surface area contributed by atoms with Gasteiger partial charge >= 0.3 is 0 Å². The molecule has 30 heavy (non-hydrogen) atoms. The van der Waals surface area contributed by atoms with Gasteiger partial charge in [-0.2, -0.15) is 10.2 Å². The van der Waals surface area contributed by atoms with Gasteiger partial charge in [-0.3, -0.25) is 4.79 Å². The van der Waals surface area contributed by atoms with Gasteiger partial charge in [0.25, 0.3) is 5.91 Å². The largest absolute Gasteiger partial charge is 0.439 e. The van der Waals surface area contributed by atoms with Crippen molar-refractivity contribution in [2.75, 3.05) is 31.1 Å². The smallest absolute Gasteiger partial charge is 0.253 e. The molecule has 7 nitrogen and oxygen atoms in total. The molecule has 7 heteroatoms. The first-order chi connectivity index (χ1) is 14.6. The summed E-state index contributed by atoms with van der Waals surface area (Å²) in [6.07, 6.45) is 0. The molecule has 1 aromatic heterocycles. The number of nitrogens with zero attached hydrogens (tertiary/aromatic N) is 5. The number of carbonyl (C=O) groups is 1. The van der Waals surface area contributed by atoms with Crippen LogP contribution in [-0.2, 0) is 0 Å². The van der Waals surface area contributed by atoms with E-state index in [1.165, 1.54) is 0 Å². The molecule has 1 aliphatic heterocycles. The highest BCUT2D eigenvalue weighted by Gasteiger charge is 2.23. The molecule has 0 unspecified atom stereocenters. The summed E-state index contributed by atoms with van der Waals surface area (Å²) in [7, 11) is 0. The maximum atomic E-state index is 12.7. The Bertz CT molecular complexity index is 1070. The number of rotatable bonds is 4. The molecule has 1 fully saturated rings. The van der Waals surface area contributed by atoms with E-state index in [9.17, 15) is 4.79 Å². The second-order valence-electron chi connectivity index (χ2n) is 7.00. The minimum Gasteiger partial charge on any atom is -0.439 e. The van der Waals surface area contributed by atoms with Gasteiger partial charge in [0.2, 0.25) is 5.88 Å². The number of nitriles is 1. The molecule has 1 saturated heterocycles. The maximum Gasteiger partial charge on any atom is 0.253 e. The number of carbonyl (C=O) groups excluding carboxylic acids is 1. The van der Waals surface area contributed by atoms with Gasteiger partial charge in [0, 0.05) is 37.8 Å². The summed E-state index contributed by atoms with van der Waals surface area (Å²) in [6, 6.07) is 20.2. The van der Waals surface area contributed by atoms with Gasteiger partial charge in [-0.05, 0) is 43.3 Å². The third kappa shape index (κ3) is 4.39. The highest BCUT2D eigenvalue weighted by Crippen LogP contribution is 2.24. The van der Waals surface area contributed by atoms with Crippen LogP contribution in [-0.4, -0.2) is 47.0 Å². The van der Waals surface area contributed by atoms with Crippen molar-refractivity contribution in [2.45, 2.75) is 6.92 Å². The first-order valence-corrected chi connectivity index (χ1v) is 9.75. The van der Waals surface area contributed by atoms with Gasteiger partial charge in [0.1, 0.15) is 17.4 Å². The number of ether oxygens (including phenoxy) is 1. The minimum atomic E-state index is -0.0221. The summed E-state index contributed by atoms with van der Waals surface area (Å²) in [5.41, 5.74) is 1.14. The van der Waals surface area contributed by atoms with Crippen LogP contribution in [0.25, 0.3) is 0 Å². The Balaban J connectivity index is 1.42. The molecule has 4 rings (SSSR count). The highest BCUT2D eigenvalue weighted by atomic mass is 16.5. The topological polar surface area (TPSA) is 82.4 Å². The first kappa shape index (κ1) is 19.4. The second kappa shape index (κ2) is 8.62. The Kier molecular flexibility index (Phi) is 5.57. The molecule has 1 aliphatic rings. The molecule has 3 aromatic rings. The summed E-state index contributed by atoms with van der Waals surface area (Å²) in [6.45, 7) is 4.37. The molecule has 2 heterocycles. The molecule has 0 bridgehead atoms. The standard InChI is InChI=1S/C23H21N5O2/c1-17-25-21(15-22(26-17)30-20-5-3-2-4-6-20)27-11-13-28(14-12-27)23(29)19-9-7-18(16-24)8-10-19/h2-10,15H,11-14H2,1H3. The lowest BCUT2D eigenvalue weighted by Crippen LogP contribution is -2.49. The van der Waals surface area contributed by atoms with Crippen LogP contribution >= 0.6 is 0 Å². The zero-order chi connectivity index (χ0) is 20.9. The van der Waals surface area contributed by atoms with Crippen LogP contribution in [0.2, 0.25) is 0 Å². The number of anilines is 1. The van der Waals surface area contributed by atoms with E-state index in [-0.39, 0.29) is 5.91 Å². The van der Waals surface area contributed by atoms with E-state index < -0.39 is 0 Å². The van der Waals surface area contributed by atoms with Crippen molar-refractivity contribution in [2.24, 2.45) is 0 Å². The van der Waals surface area contributed by atoms with Gasteiger partial charge in [0.05, 0.1) is 11.6 Å². The van der Waals surface area contributed by atoms with E-state index >= 15 is 0 Å². The first-order valence-electron chi connectivity index (χ1n) is 9.75. The minimum absolute atomic E-state index is 0.0221. The number of aryl methyl sites for hydroxylation is 1. The fraction of sp³-hybridized carbons (Fsp3) is 0.217. The molecule has 1 amide bonds. The number of hydrogen-bond donors (Lipinski definition) is 0. The van der Waals surface area contributed by atoms with Crippen LogP contribution in [0.1, 0.15) is 21.7 Å². The lowest BCUT2D eigenvalue weighted by atomic mass is 10.1. The van der Waals surface area contributed by atoms with Crippen molar-refractivity contribution >= 4 is 11.7 Å². The molecule has 0 atom stereocenters. The van der Waals surface area contributed by atoms with Crippen molar-refractivity contribution in [3.63, 3.8) is 0 Å². The number of amides is 1. The van der Waals surface area contributed by atoms with Gasteiger partial charge in [0.15, 0.2) is 0 Å². The van der Waals surface area contributed by atoms with Gasteiger partial charge in [-0.1, -0.05) is 18.2 Å². The van der Waals surface area contributed by atoms with E-state index in [1.54, 1.807) is 24.3 Å². The predicted molar refractivity (Wildman–Crippen MR) is 113 cm³/mol. The van der Waals surface area contributed by atoms with Crippen molar-refractivity contribution in [1.82, 2.24) is 14.9 Å². The average molecular weight is 399 g/mol. The molecule has 0 aliphatic carbocycles. The van der Waals surface area contributed by atoms with Crippen molar-refractivity contribution < 1.29 is 9.53 Å².